The Morgan fingerprint density at radius 2 is 2.04 bits per heavy atom. The molecule has 0 aromatic heterocycles. The molecule has 8 heteroatoms. The monoisotopic (exact) mass is 454 g/mol. The third-order valence-electron chi connectivity index (χ3n) is 3.35. The molecule has 0 aliphatic carbocycles. The summed E-state index contributed by atoms with van der Waals surface area (Å²) in [6, 6.07) is 6.88. The number of sulfonamides is 1. The predicted octanol–water partition coefficient (Wildman–Crippen LogP) is 2.02. The lowest BCUT2D eigenvalue weighted by molar-refractivity contribution is 0.464. The van der Waals surface area contributed by atoms with Crippen molar-refractivity contribution in [2.45, 2.75) is 31.2 Å². The molecule has 2 N–H and O–H groups in total. The summed E-state index contributed by atoms with van der Waals surface area (Å²) in [6.07, 6.45) is 2.23. The van der Waals surface area contributed by atoms with Gasteiger partial charge >= 0.3 is 0 Å². The van der Waals surface area contributed by atoms with Crippen molar-refractivity contribution in [2.75, 3.05) is 27.7 Å². The Hall–Kier alpha value is -0.870. The van der Waals surface area contributed by atoms with Gasteiger partial charge < -0.3 is 10.2 Å². The van der Waals surface area contributed by atoms with E-state index in [0.717, 1.165) is 30.9 Å². The molecule has 0 radical (unpaired) electrons. The van der Waals surface area contributed by atoms with E-state index in [1.807, 2.05) is 13.1 Å². The van der Waals surface area contributed by atoms with Crippen LogP contribution in [0, 0.1) is 0 Å². The van der Waals surface area contributed by atoms with Gasteiger partial charge in [-0.2, -0.15) is 0 Å². The van der Waals surface area contributed by atoms with Crippen LogP contribution in [0.3, 0.4) is 0 Å². The zero-order valence-electron chi connectivity index (χ0n) is 14.2. The highest BCUT2D eigenvalue weighted by molar-refractivity contribution is 14.0. The summed E-state index contributed by atoms with van der Waals surface area (Å²) >= 11 is 0. The molecule has 0 saturated carbocycles. The fourth-order valence-corrected chi connectivity index (χ4v) is 2.81. The Bertz CT molecular complexity index is 605. The lowest BCUT2D eigenvalue weighted by Crippen LogP contribution is -2.39. The number of nitrogens with zero attached hydrogens (tertiary/aromatic N) is 2. The van der Waals surface area contributed by atoms with Gasteiger partial charge in [-0.3, -0.25) is 4.99 Å². The van der Waals surface area contributed by atoms with Crippen LogP contribution in [0.2, 0.25) is 0 Å². The molecule has 0 amide bonds. The lowest BCUT2D eigenvalue weighted by atomic mass is 10.2. The molecule has 0 atom stereocenters. The van der Waals surface area contributed by atoms with Gasteiger partial charge in [0.15, 0.2) is 5.96 Å². The Labute approximate surface area is 156 Å². The third kappa shape index (κ3) is 7.05. The first kappa shape index (κ1) is 22.1. The smallest absolute Gasteiger partial charge is 0.240 e. The Morgan fingerprint density at radius 1 is 1.35 bits per heavy atom. The van der Waals surface area contributed by atoms with E-state index >= 15 is 0 Å². The molecule has 0 unspecified atom stereocenters. The van der Waals surface area contributed by atoms with Crippen molar-refractivity contribution in [3.05, 3.63) is 29.8 Å². The Kier molecular flexibility index (Phi) is 10.4. The number of unbranched alkanes of at least 4 members (excludes halogenated alkanes) is 1. The van der Waals surface area contributed by atoms with Crippen molar-refractivity contribution < 1.29 is 8.42 Å². The lowest BCUT2D eigenvalue weighted by Gasteiger charge is -2.22. The van der Waals surface area contributed by atoms with Crippen molar-refractivity contribution in [3.8, 4) is 0 Å². The number of rotatable bonds is 7. The predicted molar refractivity (Wildman–Crippen MR) is 106 cm³/mol. The van der Waals surface area contributed by atoms with E-state index in [1.54, 1.807) is 25.2 Å². The highest BCUT2D eigenvalue weighted by atomic mass is 127. The van der Waals surface area contributed by atoms with Crippen molar-refractivity contribution >= 4 is 40.0 Å². The number of nitrogens with one attached hydrogen (secondary N) is 2. The van der Waals surface area contributed by atoms with E-state index in [1.165, 1.54) is 7.05 Å². The standard InChI is InChI=1S/C15H26N4O2S.HI/c1-5-6-10-19(4)15(16-2)18-12-13-8-7-9-14(11-13)22(20,21)17-3;/h7-9,11,17H,5-6,10,12H2,1-4H3,(H,16,18);1H. The molecular formula is C15H27IN4O2S. The number of hydrogen-bond donors (Lipinski definition) is 2. The molecule has 6 nitrogen and oxygen atoms in total. The molecule has 1 aromatic rings. The van der Waals surface area contributed by atoms with Gasteiger partial charge in [0, 0.05) is 27.2 Å². The number of hydrogen-bond acceptors (Lipinski definition) is 3. The number of aliphatic imine (C=N–C) groups is 1. The topological polar surface area (TPSA) is 73.8 Å². The van der Waals surface area contributed by atoms with Gasteiger partial charge in [0.2, 0.25) is 10.0 Å². The van der Waals surface area contributed by atoms with Gasteiger partial charge in [0.1, 0.15) is 0 Å². The maximum absolute atomic E-state index is 11.8. The van der Waals surface area contributed by atoms with Gasteiger partial charge in [0.05, 0.1) is 4.90 Å². The minimum Gasteiger partial charge on any atom is -0.352 e. The van der Waals surface area contributed by atoms with Crippen LogP contribution in [0.15, 0.2) is 34.2 Å². The number of halogens is 1. The maximum Gasteiger partial charge on any atom is 0.240 e. The van der Waals surface area contributed by atoms with Gasteiger partial charge in [0.25, 0.3) is 0 Å². The van der Waals surface area contributed by atoms with Gasteiger partial charge in [-0.15, -0.1) is 24.0 Å². The number of benzene rings is 1. The second-order valence-corrected chi connectivity index (χ2v) is 6.92. The second-order valence-electron chi connectivity index (χ2n) is 5.03. The SMILES string of the molecule is CCCCN(C)C(=NC)NCc1cccc(S(=O)(=O)NC)c1.I. The Morgan fingerprint density at radius 3 is 2.61 bits per heavy atom. The van der Waals surface area contributed by atoms with Crippen molar-refractivity contribution in [3.63, 3.8) is 0 Å². The molecule has 0 spiro atoms. The summed E-state index contributed by atoms with van der Waals surface area (Å²) in [4.78, 5) is 6.58. The van der Waals surface area contributed by atoms with Crippen LogP contribution in [0.5, 0.6) is 0 Å². The maximum atomic E-state index is 11.8. The van der Waals surface area contributed by atoms with Crippen molar-refractivity contribution in [2.24, 2.45) is 4.99 Å². The first-order chi connectivity index (χ1) is 10.4. The molecule has 0 fully saturated rings. The Balaban J connectivity index is 0.00000484. The molecule has 1 rings (SSSR count). The molecule has 0 saturated heterocycles. The summed E-state index contributed by atoms with van der Waals surface area (Å²) < 4.78 is 25.9. The quantitative estimate of drug-likeness (QED) is 0.376. The third-order valence-corrected chi connectivity index (χ3v) is 4.76. The van der Waals surface area contributed by atoms with Gasteiger partial charge in [-0.05, 0) is 31.2 Å². The summed E-state index contributed by atoms with van der Waals surface area (Å²) in [7, 11) is 1.73. The van der Waals surface area contributed by atoms with Crippen LogP contribution >= 0.6 is 24.0 Å². The second kappa shape index (κ2) is 10.8. The minimum absolute atomic E-state index is 0. The van der Waals surface area contributed by atoms with E-state index in [-0.39, 0.29) is 28.9 Å². The highest BCUT2D eigenvalue weighted by Crippen LogP contribution is 2.11. The fraction of sp³-hybridized carbons (Fsp3) is 0.533. The van der Waals surface area contributed by atoms with Crippen molar-refractivity contribution in [1.82, 2.24) is 14.9 Å². The number of guanidine groups is 1. The average Bonchev–Trinajstić information content (AvgIpc) is 2.53. The highest BCUT2D eigenvalue weighted by Gasteiger charge is 2.11. The van der Waals surface area contributed by atoms with Crippen LogP contribution in [0.1, 0.15) is 25.3 Å². The van der Waals surface area contributed by atoms with Crippen LogP contribution in [-0.2, 0) is 16.6 Å². The van der Waals surface area contributed by atoms with Gasteiger partial charge in [-0.1, -0.05) is 25.5 Å². The van der Waals surface area contributed by atoms with E-state index in [4.69, 9.17) is 0 Å². The van der Waals surface area contributed by atoms with E-state index < -0.39 is 10.0 Å². The molecule has 0 heterocycles. The molecule has 0 aliphatic rings. The molecule has 1 aromatic carbocycles. The van der Waals surface area contributed by atoms with Crippen LogP contribution in [0.4, 0.5) is 0 Å². The zero-order valence-corrected chi connectivity index (χ0v) is 17.3. The first-order valence-corrected chi connectivity index (χ1v) is 8.87. The summed E-state index contributed by atoms with van der Waals surface area (Å²) in [5, 5.41) is 3.25. The van der Waals surface area contributed by atoms with E-state index in [0.29, 0.717) is 6.54 Å². The zero-order chi connectivity index (χ0) is 16.6. The molecule has 23 heavy (non-hydrogen) atoms. The van der Waals surface area contributed by atoms with E-state index in [2.05, 4.69) is 26.9 Å². The van der Waals surface area contributed by atoms with Crippen LogP contribution in [0.25, 0.3) is 0 Å². The summed E-state index contributed by atoms with van der Waals surface area (Å²) in [5.41, 5.74) is 0.890. The molecule has 132 valence electrons. The molecule has 0 bridgehead atoms. The fourth-order valence-electron chi connectivity index (χ4n) is 2.01. The average molecular weight is 454 g/mol. The van der Waals surface area contributed by atoms with Crippen LogP contribution in [-0.4, -0.2) is 47.0 Å². The largest absolute Gasteiger partial charge is 0.352 e. The van der Waals surface area contributed by atoms with E-state index in [9.17, 15) is 8.42 Å². The minimum atomic E-state index is -3.41. The van der Waals surface area contributed by atoms with Crippen LogP contribution < -0.4 is 10.0 Å². The van der Waals surface area contributed by atoms with Gasteiger partial charge in [-0.25, -0.2) is 13.1 Å². The normalized spacial score (nSPS) is 11.7. The summed E-state index contributed by atoms with van der Waals surface area (Å²) in [6.45, 7) is 3.61. The molecular weight excluding hydrogens is 427 g/mol. The molecule has 0 aliphatic heterocycles. The first-order valence-electron chi connectivity index (χ1n) is 7.39. The summed E-state index contributed by atoms with van der Waals surface area (Å²) in [5.74, 6) is 0.801. The van der Waals surface area contributed by atoms with Crippen molar-refractivity contribution in [1.29, 1.82) is 0 Å².